The van der Waals surface area contributed by atoms with Crippen LogP contribution in [0.3, 0.4) is 0 Å². The van der Waals surface area contributed by atoms with Gasteiger partial charge in [0.2, 0.25) is 0 Å². The second-order valence-corrected chi connectivity index (χ2v) is 5.76. The Bertz CT molecular complexity index is 564. The Balaban J connectivity index is 2.17. The summed E-state index contributed by atoms with van der Waals surface area (Å²) in [5, 5.41) is 0. The highest BCUT2D eigenvalue weighted by Gasteiger charge is 2.30. The molecule has 0 aromatic heterocycles. The van der Waals surface area contributed by atoms with Crippen LogP contribution in [0.4, 0.5) is 0 Å². The zero-order valence-electron chi connectivity index (χ0n) is 11.2. The van der Waals surface area contributed by atoms with Gasteiger partial charge in [0.1, 0.15) is 10.1 Å². The van der Waals surface area contributed by atoms with Gasteiger partial charge in [-0.15, -0.1) is 6.58 Å². The third-order valence-corrected chi connectivity index (χ3v) is 4.05. The van der Waals surface area contributed by atoms with E-state index in [2.05, 4.69) is 6.58 Å². The molecule has 5 heteroatoms. The molecule has 0 aliphatic carbocycles. The molecule has 1 aromatic carbocycles. The van der Waals surface area contributed by atoms with Crippen molar-refractivity contribution in [2.45, 2.75) is 6.92 Å². The van der Waals surface area contributed by atoms with E-state index in [9.17, 15) is 4.79 Å². The first-order valence-electron chi connectivity index (χ1n) is 6.25. The van der Waals surface area contributed by atoms with E-state index >= 15 is 0 Å². The predicted molar refractivity (Wildman–Crippen MR) is 87.7 cm³/mol. The van der Waals surface area contributed by atoms with Crippen molar-refractivity contribution in [3.05, 3.63) is 47.4 Å². The summed E-state index contributed by atoms with van der Waals surface area (Å²) in [6.45, 7) is 6.66. The van der Waals surface area contributed by atoms with E-state index in [1.54, 1.807) is 11.0 Å². The molecule has 1 fully saturated rings. The Kier molecular flexibility index (Phi) is 4.98. The number of carbonyl (C=O) groups is 1. The lowest BCUT2D eigenvalue weighted by atomic mass is 10.2. The summed E-state index contributed by atoms with van der Waals surface area (Å²) in [5.41, 5.74) is 0.951. The average molecular weight is 305 g/mol. The molecule has 2 rings (SSSR count). The monoisotopic (exact) mass is 305 g/mol. The Morgan fingerprint density at radius 1 is 1.40 bits per heavy atom. The molecular weight excluding hydrogens is 290 g/mol. The van der Waals surface area contributed by atoms with E-state index in [0.29, 0.717) is 22.4 Å². The van der Waals surface area contributed by atoms with E-state index < -0.39 is 0 Å². The number of thiocarbonyl (C=S) groups is 1. The molecule has 20 heavy (non-hydrogen) atoms. The smallest absolute Gasteiger partial charge is 0.266 e. The van der Waals surface area contributed by atoms with Crippen LogP contribution in [0.25, 0.3) is 6.08 Å². The number of ether oxygens (including phenoxy) is 1. The Morgan fingerprint density at radius 2 is 2.10 bits per heavy atom. The number of nitrogens with zero attached hydrogens (tertiary/aromatic N) is 1. The molecule has 0 N–H and O–H groups in total. The topological polar surface area (TPSA) is 29.5 Å². The van der Waals surface area contributed by atoms with Crippen LogP contribution in [-0.4, -0.2) is 28.3 Å². The van der Waals surface area contributed by atoms with E-state index in [1.807, 2.05) is 37.3 Å². The van der Waals surface area contributed by atoms with Crippen LogP contribution in [0, 0.1) is 0 Å². The van der Waals surface area contributed by atoms with Crippen molar-refractivity contribution in [1.29, 1.82) is 0 Å². The molecule has 104 valence electrons. The summed E-state index contributed by atoms with van der Waals surface area (Å²) in [7, 11) is 0. The van der Waals surface area contributed by atoms with Gasteiger partial charge in [0, 0.05) is 6.54 Å². The molecule has 3 nitrogen and oxygen atoms in total. The zero-order valence-corrected chi connectivity index (χ0v) is 12.8. The van der Waals surface area contributed by atoms with Crippen LogP contribution < -0.4 is 4.74 Å². The lowest BCUT2D eigenvalue weighted by Gasteiger charge is -2.10. The molecule has 1 aromatic rings. The maximum atomic E-state index is 12.2. The fourth-order valence-corrected chi connectivity index (χ4v) is 3.04. The fourth-order valence-electron chi connectivity index (χ4n) is 1.76. The van der Waals surface area contributed by atoms with Crippen LogP contribution in [0.15, 0.2) is 41.8 Å². The van der Waals surface area contributed by atoms with E-state index in [1.165, 1.54) is 11.8 Å². The Labute approximate surface area is 128 Å². The van der Waals surface area contributed by atoms with Crippen molar-refractivity contribution < 1.29 is 9.53 Å². The predicted octanol–water partition coefficient (Wildman–Crippen LogP) is 3.47. The van der Waals surface area contributed by atoms with Crippen molar-refractivity contribution in [2.24, 2.45) is 0 Å². The largest absolute Gasteiger partial charge is 0.494 e. The summed E-state index contributed by atoms with van der Waals surface area (Å²) in [5.74, 6) is 0.762. The van der Waals surface area contributed by atoms with Crippen molar-refractivity contribution in [2.75, 3.05) is 13.2 Å². The molecule has 0 saturated carbocycles. The van der Waals surface area contributed by atoms with Gasteiger partial charge in [0.25, 0.3) is 5.91 Å². The highest BCUT2D eigenvalue weighted by molar-refractivity contribution is 8.26. The molecule has 0 atom stereocenters. The lowest BCUT2D eigenvalue weighted by molar-refractivity contribution is -0.121. The van der Waals surface area contributed by atoms with Gasteiger partial charge in [-0.2, -0.15) is 0 Å². The maximum absolute atomic E-state index is 12.2. The number of hydrogen-bond donors (Lipinski definition) is 0. The van der Waals surface area contributed by atoms with Gasteiger partial charge in [-0.05, 0) is 30.7 Å². The average Bonchev–Trinajstić information content (AvgIpc) is 2.69. The molecule has 0 radical (unpaired) electrons. The molecule has 1 saturated heterocycles. The van der Waals surface area contributed by atoms with Gasteiger partial charge in [0.05, 0.1) is 11.5 Å². The lowest BCUT2D eigenvalue weighted by Crippen LogP contribution is -2.27. The van der Waals surface area contributed by atoms with Crippen molar-refractivity contribution in [1.82, 2.24) is 4.90 Å². The first-order valence-corrected chi connectivity index (χ1v) is 7.47. The highest BCUT2D eigenvalue weighted by atomic mass is 32.2. The number of carbonyl (C=O) groups excluding carboxylic acids is 1. The minimum Gasteiger partial charge on any atom is -0.494 e. The summed E-state index contributed by atoms with van der Waals surface area (Å²) < 4.78 is 5.96. The number of rotatable bonds is 5. The molecule has 1 heterocycles. The SMILES string of the molecule is C=CCN1C(=O)/C(=C\c2ccc(OCC)cc2)SC1=S. The molecule has 0 unspecified atom stereocenters. The second-order valence-electron chi connectivity index (χ2n) is 4.08. The quantitative estimate of drug-likeness (QED) is 0.473. The van der Waals surface area contributed by atoms with Crippen molar-refractivity contribution >= 4 is 40.3 Å². The minimum absolute atomic E-state index is 0.0613. The molecule has 1 amide bonds. The molecule has 1 aliphatic rings. The van der Waals surface area contributed by atoms with Crippen LogP contribution >= 0.6 is 24.0 Å². The van der Waals surface area contributed by atoms with Crippen molar-refractivity contribution in [3.8, 4) is 5.75 Å². The third kappa shape index (κ3) is 3.29. The molecule has 0 bridgehead atoms. The van der Waals surface area contributed by atoms with Gasteiger partial charge < -0.3 is 4.74 Å². The van der Waals surface area contributed by atoms with Crippen LogP contribution in [0.1, 0.15) is 12.5 Å². The van der Waals surface area contributed by atoms with Gasteiger partial charge in [-0.25, -0.2) is 0 Å². The third-order valence-electron chi connectivity index (χ3n) is 2.67. The number of benzene rings is 1. The van der Waals surface area contributed by atoms with E-state index in [-0.39, 0.29) is 5.91 Å². The summed E-state index contributed by atoms with van der Waals surface area (Å²) in [6.07, 6.45) is 3.52. The van der Waals surface area contributed by atoms with Gasteiger partial charge in [0.15, 0.2) is 0 Å². The summed E-state index contributed by atoms with van der Waals surface area (Å²) >= 11 is 6.51. The first-order chi connectivity index (χ1) is 9.65. The van der Waals surface area contributed by atoms with Crippen LogP contribution in [0.5, 0.6) is 5.75 Å². The van der Waals surface area contributed by atoms with E-state index in [0.717, 1.165) is 11.3 Å². The fraction of sp³-hybridized carbons (Fsp3) is 0.200. The zero-order chi connectivity index (χ0) is 14.5. The number of hydrogen-bond acceptors (Lipinski definition) is 4. The van der Waals surface area contributed by atoms with Gasteiger partial charge >= 0.3 is 0 Å². The molecular formula is C15H15NO2S2. The number of thioether (sulfide) groups is 1. The second kappa shape index (κ2) is 6.72. The number of amides is 1. The van der Waals surface area contributed by atoms with Crippen LogP contribution in [-0.2, 0) is 4.79 Å². The summed E-state index contributed by atoms with van der Waals surface area (Å²) in [6, 6.07) is 7.62. The van der Waals surface area contributed by atoms with Gasteiger partial charge in [-0.3, -0.25) is 9.69 Å². The Hall–Kier alpha value is -1.59. The van der Waals surface area contributed by atoms with Crippen molar-refractivity contribution in [3.63, 3.8) is 0 Å². The maximum Gasteiger partial charge on any atom is 0.266 e. The molecule has 0 spiro atoms. The standard InChI is InChI=1S/C15H15NO2S2/c1-3-9-16-14(17)13(20-15(16)19)10-11-5-7-12(8-6-11)18-4-2/h3,5-8,10H,1,4,9H2,2H3/b13-10+. The van der Waals surface area contributed by atoms with Gasteiger partial charge in [-0.1, -0.05) is 42.2 Å². The van der Waals surface area contributed by atoms with Crippen LogP contribution in [0.2, 0.25) is 0 Å². The molecule has 1 aliphatic heterocycles. The minimum atomic E-state index is -0.0613. The first kappa shape index (κ1) is 14.8. The Morgan fingerprint density at radius 3 is 2.70 bits per heavy atom. The highest BCUT2D eigenvalue weighted by Crippen LogP contribution is 2.32. The normalized spacial score (nSPS) is 16.9. The summed E-state index contributed by atoms with van der Waals surface area (Å²) in [4.78, 5) is 14.3. The van der Waals surface area contributed by atoms with E-state index in [4.69, 9.17) is 17.0 Å².